The number of morpholine rings is 1. The predicted molar refractivity (Wildman–Crippen MR) is 87.9 cm³/mol. The summed E-state index contributed by atoms with van der Waals surface area (Å²) in [7, 11) is -2.42. The number of rotatable bonds is 5. The van der Waals surface area contributed by atoms with Crippen LogP contribution >= 0.6 is 0 Å². The monoisotopic (exact) mass is 369 g/mol. The van der Waals surface area contributed by atoms with E-state index < -0.39 is 16.0 Å². The molecular formula is C15H19N3O6S. The van der Waals surface area contributed by atoms with Crippen molar-refractivity contribution < 1.29 is 27.8 Å². The molecule has 0 amide bonds. The molecule has 0 radical (unpaired) electrons. The highest BCUT2D eigenvalue weighted by Gasteiger charge is 2.26. The van der Waals surface area contributed by atoms with Crippen LogP contribution in [0.1, 0.15) is 6.92 Å². The fourth-order valence-corrected chi connectivity index (χ4v) is 3.49. The lowest BCUT2D eigenvalue weighted by Gasteiger charge is -2.25. The van der Waals surface area contributed by atoms with Gasteiger partial charge in [-0.05, 0) is 31.2 Å². The molecule has 1 heterocycles. The van der Waals surface area contributed by atoms with E-state index in [1.807, 2.05) is 0 Å². The van der Waals surface area contributed by atoms with E-state index >= 15 is 0 Å². The molecule has 0 atom stereocenters. The summed E-state index contributed by atoms with van der Waals surface area (Å²) in [6.45, 7) is 2.65. The minimum atomic E-state index is -3.58. The van der Waals surface area contributed by atoms with Gasteiger partial charge in [0, 0.05) is 13.1 Å². The zero-order valence-corrected chi connectivity index (χ0v) is 14.7. The molecule has 1 fully saturated rings. The summed E-state index contributed by atoms with van der Waals surface area (Å²) in [5.74, 6) is -1.16. The smallest absolute Gasteiger partial charge is 0.362 e. The summed E-state index contributed by atoms with van der Waals surface area (Å²) in [5.41, 5.74) is -0.00362. The topological polar surface area (TPSA) is 118 Å². The summed E-state index contributed by atoms with van der Waals surface area (Å²) in [6.07, 6.45) is 0. The van der Waals surface area contributed by atoms with E-state index in [2.05, 4.69) is 15.0 Å². The summed E-state index contributed by atoms with van der Waals surface area (Å²) < 4.78 is 36.0. The highest BCUT2D eigenvalue weighted by atomic mass is 32.2. The van der Waals surface area contributed by atoms with E-state index in [1.165, 1.54) is 35.5 Å². The molecule has 1 aromatic carbocycles. The molecule has 1 saturated heterocycles. The van der Waals surface area contributed by atoms with E-state index in [9.17, 15) is 18.3 Å². The number of methoxy groups -OCH3 is 1. The molecule has 136 valence electrons. The fraction of sp³-hybridized carbons (Fsp3) is 0.400. The molecular weight excluding hydrogens is 350 g/mol. The second-order valence-electron chi connectivity index (χ2n) is 5.14. The lowest BCUT2D eigenvalue weighted by atomic mass is 10.3. The number of hydrogen-bond donors (Lipinski definition) is 1. The lowest BCUT2D eigenvalue weighted by Crippen LogP contribution is -2.40. The fourth-order valence-electron chi connectivity index (χ4n) is 2.09. The van der Waals surface area contributed by atoms with Gasteiger partial charge < -0.3 is 14.6 Å². The van der Waals surface area contributed by atoms with Gasteiger partial charge in [-0.1, -0.05) is 0 Å². The Labute approximate surface area is 145 Å². The largest absolute Gasteiger partial charge is 0.510 e. The van der Waals surface area contributed by atoms with Gasteiger partial charge >= 0.3 is 5.97 Å². The van der Waals surface area contributed by atoms with Gasteiger partial charge in [0.1, 0.15) is 5.76 Å². The number of sulfonamides is 1. The number of carbonyl (C=O) groups is 1. The van der Waals surface area contributed by atoms with Crippen molar-refractivity contribution in [2.45, 2.75) is 11.8 Å². The van der Waals surface area contributed by atoms with Crippen LogP contribution in [0, 0.1) is 0 Å². The third-order valence-corrected chi connectivity index (χ3v) is 5.34. The van der Waals surface area contributed by atoms with E-state index in [1.54, 1.807) is 0 Å². The first-order valence-electron chi connectivity index (χ1n) is 7.44. The van der Waals surface area contributed by atoms with E-state index in [0.29, 0.717) is 32.0 Å². The first kappa shape index (κ1) is 19.0. The second kappa shape index (κ2) is 8.19. The number of benzene rings is 1. The Balaban J connectivity index is 2.18. The average Bonchev–Trinajstić information content (AvgIpc) is 2.62. The average molecular weight is 369 g/mol. The van der Waals surface area contributed by atoms with Crippen LogP contribution in [0.3, 0.4) is 0 Å². The van der Waals surface area contributed by atoms with Crippen molar-refractivity contribution in [1.82, 2.24) is 4.31 Å². The maximum Gasteiger partial charge on any atom is 0.362 e. The van der Waals surface area contributed by atoms with Crippen molar-refractivity contribution in [1.29, 1.82) is 0 Å². The Hall–Kier alpha value is -2.30. The number of aliphatic hydroxyl groups excluding tert-OH is 1. The van der Waals surface area contributed by atoms with Crippen molar-refractivity contribution in [3.8, 4) is 0 Å². The normalized spacial score (nSPS) is 17.4. The Morgan fingerprint density at radius 2 is 1.84 bits per heavy atom. The first-order valence-corrected chi connectivity index (χ1v) is 8.88. The lowest BCUT2D eigenvalue weighted by molar-refractivity contribution is -0.136. The minimum Gasteiger partial charge on any atom is -0.510 e. The van der Waals surface area contributed by atoms with Gasteiger partial charge in [-0.25, -0.2) is 13.2 Å². The molecule has 1 aliphatic heterocycles. The molecule has 1 aliphatic rings. The van der Waals surface area contributed by atoms with Gasteiger partial charge in [0.05, 0.1) is 30.9 Å². The van der Waals surface area contributed by atoms with Crippen molar-refractivity contribution in [3.05, 3.63) is 35.7 Å². The molecule has 0 aliphatic carbocycles. The number of aliphatic hydroxyl groups is 1. The first-order chi connectivity index (χ1) is 11.9. The highest BCUT2D eigenvalue weighted by Crippen LogP contribution is 2.21. The number of hydrogen-bond acceptors (Lipinski definition) is 8. The Bertz CT molecular complexity index is 776. The summed E-state index contributed by atoms with van der Waals surface area (Å²) in [4.78, 5) is 11.6. The van der Waals surface area contributed by atoms with Gasteiger partial charge in [0.25, 0.3) is 0 Å². The molecule has 1 aromatic rings. The van der Waals surface area contributed by atoms with Crippen molar-refractivity contribution in [2.75, 3.05) is 33.4 Å². The third-order valence-electron chi connectivity index (χ3n) is 3.43. The molecule has 10 heteroatoms. The molecule has 0 bridgehead atoms. The maximum absolute atomic E-state index is 12.5. The van der Waals surface area contributed by atoms with Gasteiger partial charge in [-0.2, -0.15) is 9.42 Å². The van der Waals surface area contributed by atoms with Crippen molar-refractivity contribution in [2.24, 2.45) is 10.2 Å². The summed E-state index contributed by atoms with van der Waals surface area (Å²) >= 11 is 0. The quantitative estimate of drug-likeness (QED) is 0.366. The SMILES string of the molecule is COC(=O)/C(N=Nc1ccc(S(=O)(=O)N2CCOCC2)cc1)=C(\C)O. The van der Waals surface area contributed by atoms with E-state index in [-0.39, 0.29) is 16.4 Å². The van der Waals surface area contributed by atoms with Gasteiger partial charge in [-0.3, -0.25) is 0 Å². The summed E-state index contributed by atoms with van der Waals surface area (Å²) in [6, 6.07) is 5.73. The van der Waals surface area contributed by atoms with Crippen LogP contribution in [0.2, 0.25) is 0 Å². The van der Waals surface area contributed by atoms with Crippen LogP contribution in [0.5, 0.6) is 0 Å². The number of carbonyl (C=O) groups excluding carboxylic acids is 1. The molecule has 0 spiro atoms. The van der Waals surface area contributed by atoms with Crippen LogP contribution in [0.4, 0.5) is 5.69 Å². The van der Waals surface area contributed by atoms with Crippen LogP contribution in [0.15, 0.2) is 50.8 Å². The van der Waals surface area contributed by atoms with Crippen molar-refractivity contribution >= 4 is 21.7 Å². The van der Waals surface area contributed by atoms with Gasteiger partial charge in [-0.15, -0.1) is 5.11 Å². The van der Waals surface area contributed by atoms with E-state index in [4.69, 9.17) is 4.74 Å². The highest BCUT2D eigenvalue weighted by molar-refractivity contribution is 7.89. The van der Waals surface area contributed by atoms with Crippen LogP contribution in [-0.4, -0.2) is 57.2 Å². The van der Waals surface area contributed by atoms with Crippen LogP contribution in [0.25, 0.3) is 0 Å². The number of azo groups is 1. The number of allylic oxidation sites excluding steroid dienone is 1. The minimum absolute atomic E-state index is 0.135. The number of nitrogens with zero attached hydrogens (tertiary/aromatic N) is 3. The number of esters is 1. The molecule has 1 N–H and O–H groups in total. The zero-order chi connectivity index (χ0) is 18.4. The summed E-state index contributed by atoms with van der Waals surface area (Å²) in [5, 5.41) is 16.9. The molecule has 0 aromatic heterocycles. The van der Waals surface area contributed by atoms with Crippen molar-refractivity contribution in [3.63, 3.8) is 0 Å². The maximum atomic E-state index is 12.5. The Kier molecular flexibility index (Phi) is 6.23. The second-order valence-corrected chi connectivity index (χ2v) is 7.07. The predicted octanol–water partition coefficient (Wildman–Crippen LogP) is 1.75. The molecule has 2 rings (SSSR count). The van der Waals surface area contributed by atoms with Gasteiger partial charge in [0.2, 0.25) is 15.7 Å². The third kappa shape index (κ3) is 4.62. The van der Waals surface area contributed by atoms with E-state index in [0.717, 1.165) is 7.11 Å². The van der Waals surface area contributed by atoms with Gasteiger partial charge in [0.15, 0.2) is 0 Å². The van der Waals surface area contributed by atoms with Crippen LogP contribution < -0.4 is 0 Å². The molecule has 9 nitrogen and oxygen atoms in total. The molecule has 25 heavy (non-hydrogen) atoms. The Morgan fingerprint density at radius 3 is 2.36 bits per heavy atom. The zero-order valence-electron chi connectivity index (χ0n) is 13.9. The molecule has 0 saturated carbocycles. The standard InChI is InChI=1S/C15H19N3O6S/c1-11(19)14(15(20)23-2)17-16-12-3-5-13(6-4-12)25(21,22)18-7-9-24-10-8-18/h3-6,19H,7-10H2,1-2H3/b14-11-,17-16?. The number of ether oxygens (including phenoxy) is 2. The Morgan fingerprint density at radius 1 is 1.24 bits per heavy atom. The van der Waals surface area contributed by atoms with Crippen LogP contribution in [-0.2, 0) is 24.3 Å². The molecule has 0 unspecified atom stereocenters.